The lowest BCUT2D eigenvalue weighted by Gasteiger charge is -2.34. The van der Waals surface area contributed by atoms with E-state index in [9.17, 15) is 17.6 Å². The number of amides is 1. The minimum Gasteiger partial charge on any atom is -0.332 e. The predicted octanol–water partition coefficient (Wildman–Crippen LogP) is 3.08. The van der Waals surface area contributed by atoms with Crippen molar-refractivity contribution in [3.8, 4) is 0 Å². The van der Waals surface area contributed by atoms with Crippen LogP contribution in [0.1, 0.15) is 32.0 Å². The Labute approximate surface area is 169 Å². The number of fused-ring (bicyclic) bond motifs is 1. The third-order valence-electron chi connectivity index (χ3n) is 4.75. The van der Waals surface area contributed by atoms with Gasteiger partial charge in [0, 0.05) is 6.04 Å². The Morgan fingerprint density at radius 1 is 1.39 bits per heavy atom. The average molecular weight is 428 g/mol. The molecular weight excluding hydrogens is 405 g/mol. The highest BCUT2D eigenvalue weighted by Gasteiger charge is 2.33. The van der Waals surface area contributed by atoms with Crippen molar-refractivity contribution in [2.75, 3.05) is 5.75 Å². The lowest BCUT2D eigenvalue weighted by atomic mass is 10.1. The Bertz CT molecular complexity index is 1000. The molecule has 152 valence electrons. The van der Waals surface area contributed by atoms with Gasteiger partial charge >= 0.3 is 0 Å². The van der Waals surface area contributed by atoms with Crippen molar-refractivity contribution in [2.45, 2.75) is 51.2 Å². The van der Waals surface area contributed by atoms with Crippen molar-refractivity contribution in [1.82, 2.24) is 14.7 Å². The number of rotatable bonds is 5. The molecule has 0 saturated heterocycles. The number of hydrogen-bond acceptors (Lipinski definition) is 4. The summed E-state index contributed by atoms with van der Waals surface area (Å²) in [7, 11) is -3.47. The molecule has 0 saturated carbocycles. The molecule has 28 heavy (non-hydrogen) atoms. The minimum atomic E-state index is -3.47. The minimum absolute atomic E-state index is 0.0102. The van der Waals surface area contributed by atoms with Gasteiger partial charge in [0.25, 0.3) is 0 Å². The first kappa shape index (κ1) is 20.8. The van der Waals surface area contributed by atoms with E-state index in [1.165, 1.54) is 24.4 Å². The van der Waals surface area contributed by atoms with Crippen molar-refractivity contribution < 1.29 is 17.6 Å². The number of halogens is 2. The smallest absolute Gasteiger partial charge is 0.227 e. The SMILES string of the molecule is CC(C)CS(=O)(=O)c1cnn2c1CN(C(=O)Cc1ccc(F)c(Cl)c1)C(C)C2. The number of hydrogen-bond donors (Lipinski definition) is 0. The first-order chi connectivity index (χ1) is 13.1. The van der Waals surface area contributed by atoms with E-state index in [0.717, 1.165) is 0 Å². The van der Waals surface area contributed by atoms with Crippen LogP contribution in [0.2, 0.25) is 5.02 Å². The van der Waals surface area contributed by atoms with Gasteiger partial charge in [-0.15, -0.1) is 0 Å². The fourth-order valence-electron chi connectivity index (χ4n) is 3.42. The average Bonchev–Trinajstić information content (AvgIpc) is 2.99. The number of sulfone groups is 1. The summed E-state index contributed by atoms with van der Waals surface area (Å²) >= 11 is 5.80. The molecule has 0 fully saturated rings. The topological polar surface area (TPSA) is 72.3 Å². The molecule has 1 aromatic carbocycles. The zero-order valence-electron chi connectivity index (χ0n) is 16.0. The van der Waals surface area contributed by atoms with Crippen LogP contribution in [0.15, 0.2) is 29.3 Å². The van der Waals surface area contributed by atoms with Gasteiger partial charge in [-0.2, -0.15) is 5.10 Å². The van der Waals surface area contributed by atoms with Gasteiger partial charge in [0.05, 0.1) is 42.2 Å². The molecule has 9 heteroatoms. The fraction of sp³-hybridized carbons (Fsp3) is 0.474. The van der Waals surface area contributed by atoms with Gasteiger partial charge in [0.1, 0.15) is 10.7 Å². The Kier molecular flexibility index (Phi) is 5.82. The molecule has 0 spiro atoms. The van der Waals surface area contributed by atoms with E-state index in [2.05, 4.69) is 5.10 Å². The number of aromatic nitrogens is 2. The van der Waals surface area contributed by atoms with Crippen LogP contribution in [0.3, 0.4) is 0 Å². The standard InChI is InChI=1S/C19H23ClFN3O3S/c1-12(2)11-28(26,27)18-8-22-24-9-13(3)23(10-17(18)24)19(25)7-14-4-5-16(21)15(20)6-14/h4-6,8,12-13H,7,9-11H2,1-3H3. The van der Waals surface area contributed by atoms with E-state index in [4.69, 9.17) is 11.6 Å². The van der Waals surface area contributed by atoms with Gasteiger partial charge in [-0.1, -0.05) is 31.5 Å². The summed E-state index contributed by atoms with van der Waals surface area (Å²) in [6.07, 6.45) is 1.44. The fourth-order valence-corrected chi connectivity index (χ4v) is 5.42. The van der Waals surface area contributed by atoms with Crippen molar-refractivity contribution in [3.63, 3.8) is 0 Å². The third kappa shape index (κ3) is 4.22. The third-order valence-corrected chi connectivity index (χ3v) is 7.15. The van der Waals surface area contributed by atoms with Crippen LogP contribution >= 0.6 is 11.6 Å². The molecule has 0 bridgehead atoms. The van der Waals surface area contributed by atoms with Crippen molar-refractivity contribution in [3.05, 3.63) is 46.5 Å². The van der Waals surface area contributed by atoms with Crippen LogP contribution in [0.4, 0.5) is 4.39 Å². The van der Waals surface area contributed by atoms with Crippen LogP contribution in [-0.2, 0) is 34.1 Å². The second-order valence-electron chi connectivity index (χ2n) is 7.61. The summed E-state index contributed by atoms with van der Waals surface area (Å²) in [6.45, 7) is 6.17. The number of nitrogens with zero attached hydrogens (tertiary/aromatic N) is 3. The summed E-state index contributed by atoms with van der Waals surface area (Å²) in [5.41, 5.74) is 1.14. The normalized spacial score (nSPS) is 17.1. The maximum atomic E-state index is 13.3. The van der Waals surface area contributed by atoms with Crippen molar-refractivity contribution in [2.24, 2.45) is 5.92 Å². The highest BCUT2D eigenvalue weighted by Crippen LogP contribution is 2.26. The van der Waals surface area contributed by atoms with Gasteiger partial charge < -0.3 is 4.90 Å². The summed E-state index contributed by atoms with van der Waals surface area (Å²) in [5, 5.41) is 4.19. The molecule has 0 aliphatic carbocycles. The highest BCUT2D eigenvalue weighted by atomic mass is 35.5. The molecule has 2 aromatic rings. The van der Waals surface area contributed by atoms with Gasteiger partial charge in [0.2, 0.25) is 5.91 Å². The molecular formula is C19H23ClFN3O3S. The van der Waals surface area contributed by atoms with E-state index in [-0.39, 0.29) is 46.5 Å². The summed E-state index contributed by atoms with van der Waals surface area (Å²) < 4.78 is 40.4. The van der Waals surface area contributed by atoms with Crippen LogP contribution in [-0.4, -0.2) is 40.8 Å². The number of carbonyl (C=O) groups is 1. The second-order valence-corrected chi connectivity index (χ2v) is 10.0. The van der Waals surface area contributed by atoms with Crippen LogP contribution < -0.4 is 0 Å². The van der Waals surface area contributed by atoms with Gasteiger partial charge in [-0.25, -0.2) is 12.8 Å². The van der Waals surface area contributed by atoms with E-state index in [0.29, 0.717) is 17.8 Å². The molecule has 3 rings (SSSR count). The number of benzene rings is 1. The summed E-state index contributed by atoms with van der Waals surface area (Å²) in [6, 6.07) is 4.05. The number of carbonyl (C=O) groups excluding carboxylic acids is 1. The highest BCUT2D eigenvalue weighted by molar-refractivity contribution is 7.91. The maximum Gasteiger partial charge on any atom is 0.227 e. The molecule has 1 amide bonds. The molecule has 1 atom stereocenters. The van der Waals surface area contributed by atoms with Crippen LogP contribution in [0, 0.1) is 11.7 Å². The molecule has 0 N–H and O–H groups in total. The van der Waals surface area contributed by atoms with Crippen molar-refractivity contribution >= 4 is 27.3 Å². The lowest BCUT2D eigenvalue weighted by molar-refractivity contribution is -0.134. The second kappa shape index (κ2) is 7.83. The molecule has 0 radical (unpaired) electrons. The van der Waals surface area contributed by atoms with E-state index in [1.54, 1.807) is 9.58 Å². The quantitative estimate of drug-likeness (QED) is 0.735. The molecule has 1 unspecified atom stereocenters. The Morgan fingerprint density at radius 3 is 2.75 bits per heavy atom. The van der Waals surface area contributed by atoms with E-state index >= 15 is 0 Å². The summed E-state index contributed by atoms with van der Waals surface area (Å²) in [5.74, 6) is -0.685. The first-order valence-electron chi connectivity index (χ1n) is 9.09. The van der Waals surface area contributed by atoms with Gasteiger partial charge in [-0.05, 0) is 30.5 Å². The zero-order valence-corrected chi connectivity index (χ0v) is 17.6. The van der Waals surface area contributed by atoms with Crippen molar-refractivity contribution in [1.29, 1.82) is 0 Å². The van der Waals surface area contributed by atoms with E-state index < -0.39 is 15.7 Å². The molecule has 1 aliphatic heterocycles. The lowest BCUT2D eigenvalue weighted by Crippen LogP contribution is -2.46. The van der Waals surface area contributed by atoms with Gasteiger partial charge in [0.15, 0.2) is 9.84 Å². The zero-order chi connectivity index (χ0) is 20.6. The maximum absolute atomic E-state index is 13.3. The molecule has 1 aliphatic rings. The molecule has 6 nitrogen and oxygen atoms in total. The largest absolute Gasteiger partial charge is 0.332 e. The van der Waals surface area contributed by atoms with E-state index in [1.807, 2.05) is 20.8 Å². The van der Waals surface area contributed by atoms with Crippen LogP contribution in [0.25, 0.3) is 0 Å². The molecule has 2 heterocycles. The van der Waals surface area contributed by atoms with Crippen LogP contribution in [0.5, 0.6) is 0 Å². The Morgan fingerprint density at radius 2 is 2.11 bits per heavy atom. The summed E-state index contributed by atoms with van der Waals surface area (Å²) in [4.78, 5) is 14.7. The molecule has 1 aromatic heterocycles. The first-order valence-corrected chi connectivity index (χ1v) is 11.1. The predicted molar refractivity (Wildman–Crippen MR) is 104 cm³/mol. The Hall–Kier alpha value is -1.93. The Balaban J connectivity index is 1.84. The van der Waals surface area contributed by atoms with Gasteiger partial charge in [-0.3, -0.25) is 9.48 Å². The monoisotopic (exact) mass is 427 g/mol.